The molecule has 0 aliphatic heterocycles. The molecule has 0 aliphatic rings. The average molecular weight is 215 g/mol. The summed E-state index contributed by atoms with van der Waals surface area (Å²) >= 11 is 0. The molecule has 0 spiro atoms. The first-order valence-electron chi connectivity index (χ1n) is 4.94. The number of nitrogens with two attached hydrogens (primary N) is 1. The Labute approximate surface area is 94.1 Å². The topological polar surface area (TPSA) is 55.5 Å². The van der Waals surface area contributed by atoms with E-state index in [0.717, 1.165) is 5.56 Å². The summed E-state index contributed by atoms with van der Waals surface area (Å²) in [5.74, 6) is 0.905. The van der Waals surface area contributed by atoms with Gasteiger partial charge in [-0.3, -0.25) is 0 Å². The lowest BCUT2D eigenvalue weighted by Gasteiger charge is -2.10. The van der Waals surface area contributed by atoms with Crippen LogP contribution in [0.1, 0.15) is 0 Å². The van der Waals surface area contributed by atoms with Crippen molar-refractivity contribution in [2.75, 3.05) is 12.8 Å². The molecule has 0 amide bonds. The molecule has 16 heavy (non-hydrogen) atoms. The lowest BCUT2D eigenvalue weighted by atomic mass is 10.0. The van der Waals surface area contributed by atoms with Gasteiger partial charge in [0.2, 0.25) is 0 Å². The fourth-order valence-corrected chi connectivity index (χ4v) is 1.64. The van der Waals surface area contributed by atoms with E-state index in [9.17, 15) is 5.11 Å². The number of benzene rings is 2. The molecule has 0 atom stereocenters. The monoisotopic (exact) mass is 215 g/mol. The van der Waals surface area contributed by atoms with Crippen LogP contribution in [0.4, 0.5) is 5.69 Å². The van der Waals surface area contributed by atoms with Crippen LogP contribution in [0.3, 0.4) is 0 Å². The van der Waals surface area contributed by atoms with Gasteiger partial charge < -0.3 is 15.6 Å². The fraction of sp³-hybridized carbons (Fsp3) is 0.0769. The van der Waals surface area contributed by atoms with E-state index in [1.165, 1.54) is 0 Å². The second kappa shape index (κ2) is 4.14. The van der Waals surface area contributed by atoms with Crippen molar-refractivity contribution in [2.24, 2.45) is 0 Å². The molecule has 3 heteroatoms. The number of rotatable bonds is 2. The van der Waals surface area contributed by atoms with Gasteiger partial charge in [0.1, 0.15) is 11.5 Å². The predicted octanol–water partition coefficient (Wildman–Crippen LogP) is 2.65. The molecule has 2 rings (SSSR count). The van der Waals surface area contributed by atoms with Gasteiger partial charge in [-0.2, -0.15) is 0 Å². The number of hydrogen-bond donors (Lipinski definition) is 2. The molecular formula is C13H13NO2. The largest absolute Gasteiger partial charge is 0.507 e. The third kappa shape index (κ3) is 1.80. The molecule has 0 fully saturated rings. The van der Waals surface area contributed by atoms with Crippen LogP contribution in [-0.2, 0) is 0 Å². The minimum Gasteiger partial charge on any atom is -0.507 e. The maximum atomic E-state index is 9.80. The second-order valence-electron chi connectivity index (χ2n) is 3.48. The van der Waals surface area contributed by atoms with Gasteiger partial charge in [-0.1, -0.05) is 18.2 Å². The Bertz CT molecular complexity index is 509. The van der Waals surface area contributed by atoms with E-state index >= 15 is 0 Å². The molecule has 0 radical (unpaired) electrons. The van der Waals surface area contributed by atoms with E-state index < -0.39 is 0 Å². The number of methoxy groups -OCH3 is 1. The number of ether oxygens (including phenoxy) is 1. The predicted molar refractivity (Wildman–Crippen MR) is 64.5 cm³/mol. The zero-order chi connectivity index (χ0) is 11.5. The number of hydrogen-bond acceptors (Lipinski definition) is 3. The van der Waals surface area contributed by atoms with Crippen molar-refractivity contribution in [2.45, 2.75) is 0 Å². The normalized spacial score (nSPS) is 10.1. The van der Waals surface area contributed by atoms with E-state index in [-0.39, 0.29) is 5.75 Å². The van der Waals surface area contributed by atoms with E-state index in [4.69, 9.17) is 10.5 Å². The standard InChI is InChI=1S/C13H13NO2/c1-16-13-5-3-2-4-10(13)11-8-9(14)6-7-12(11)15/h2-8,15H,14H2,1H3. The molecule has 2 aromatic carbocycles. The summed E-state index contributed by atoms with van der Waals surface area (Å²) in [6, 6.07) is 12.5. The van der Waals surface area contributed by atoms with Crippen molar-refractivity contribution in [3.8, 4) is 22.6 Å². The minimum atomic E-state index is 0.193. The van der Waals surface area contributed by atoms with Gasteiger partial charge in [0, 0.05) is 16.8 Å². The number of aromatic hydroxyl groups is 1. The quantitative estimate of drug-likeness (QED) is 0.598. The Morgan fingerprint density at radius 3 is 2.56 bits per heavy atom. The van der Waals surface area contributed by atoms with Crippen LogP contribution in [0.5, 0.6) is 11.5 Å². The number of phenolic OH excluding ortho intramolecular Hbond substituents is 1. The van der Waals surface area contributed by atoms with Crippen LogP contribution in [0.25, 0.3) is 11.1 Å². The Morgan fingerprint density at radius 1 is 1.06 bits per heavy atom. The molecule has 3 N–H and O–H groups in total. The van der Waals surface area contributed by atoms with Gasteiger partial charge in [-0.05, 0) is 24.3 Å². The van der Waals surface area contributed by atoms with Crippen LogP contribution in [0.2, 0.25) is 0 Å². The van der Waals surface area contributed by atoms with Gasteiger partial charge in [0.15, 0.2) is 0 Å². The van der Waals surface area contributed by atoms with Crippen LogP contribution in [0.15, 0.2) is 42.5 Å². The van der Waals surface area contributed by atoms with Gasteiger partial charge in [0.05, 0.1) is 7.11 Å². The Hall–Kier alpha value is -2.16. The molecule has 0 saturated carbocycles. The smallest absolute Gasteiger partial charge is 0.126 e. The number of phenols is 1. The van der Waals surface area contributed by atoms with Gasteiger partial charge >= 0.3 is 0 Å². The minimum absolute atomic E-state index is 0.193. The van der Waals surface area contributed by atoms with Crippen LogP contribution >= 0.6 is 0 Å². The van der Waals surface area contributed by atoms with Gasteiger partial charge in [-0.25, -0.2) is 0 Å². The Kier molecular flexibility index (Phi) is 2.68. The zero-order valence-corrected chi connectivity index (χ0v) is 8.97. The fourth-order valence-electron chi connectivity index (χ4n) is 1.64. The lowest BCUT2D eigenvalue weighted by molar-refractivity contribution is 0.415. The maximum absolute atomic E-state index is 9.80. The molecule has 3 nitrogen and oxygen atoms in total. The summed E-state index contributed by atoms with van der Waals surface area (Å²) < 4.78 is 5.24. The molecule has 2 aromatic rings. The zero-order valence-electron chi connectivity index (χ0n) is 8.97. The molecule has 0 aliphatic carbocycles. The third-order valence-electron chi connectivity index (χ3n) is 2.42. The highest BCUT2D eigenvalue weighted by Crippen LogP contribution is 2.36. The van der Waals surface area contributed by atoms with Crippen molar-refractivity contribution in [3.63, 3.8) is 0 Å². The summed E-state index contributed by atoms with van der Waals surface area (Å²) in [4.78, 5) is 0. The molecule has 0 heterocycles. The van der Waals surface area contributed by atoms with Crippen molar-refractivity contribution >= 4 is 5.69 Å². The van der Waals surface area contributed by atoms with Crippen LogP contribution < -0.4 is 10.5 Å². The average Bonchev–Trinajstić information content (AvgIpc) is 2.32. The first-order chi connectivity index (χ1) is 7.72. The summed E-state index contributed by atoms with van der Waals surface area (Å²) in [5.41, 5.74) is 7.82. The third-order valence-corrected chi connectivity index (χ3v) is 2.42. The summed E-state index contributed by atoms with van der Waals surface area (Å²) in [7, 11) is 1.60. The van der Waals surface area contributed by atoms with E-state index in [2.05, 4.69) is 0 Å². The summed E-state index contributed by atoms with van der Waals surface area (Å²) in [6.45, 7) is 0. The lowest BCUT2D eigenvalue weighted by Crippen LogP contribution is -1.90. The first kappa shape index (κ1) is 10.4. The van der Waals surface area contributed by atoms with Gasteiger partial charge in [0.25, 0.3) is 0 Å². The highest BCUT2D eigenvalue weighted by atomic mass is 16.5. The molecule has 0 bridgehead atoms. The number of anilines is 1. The first-order valence-corrected chi connectivity index (χ1v) is 4.94. The molecule has 0 aromatic heterocycles. The Morgan fingerprint density at radius 2 is 1.81 bits per heavy atom. The molecule has 0 saturated heterocycles. The van der Waals surface area contributed by atoms with Crippen molar-refractivity contribution in [1.82, 2.24) is 0 Å². The van der Waals surface area contributed by atoms with Crippen LogP contribution in [-0.4, -0.2) is 12.2 Å². The van der Waals surface area contributed by atoms with E-state index in [0.29, 0.717) is 17.0 Å². The van der Waals surface area contributed by atoms with Crippen molar-refractivity contribution < 1.29 is 9.84 Å². The molecular weight excluding hydrogens is 202 g/mol. The summed E-state index contributed by atoms with van der Waals surface area (Å²) in [6.07, 6.45) is 0. The van der Waals surface area contributed by atoms with Crippen molar-refractivity contribution in [3.05, 3.63) is 42.5 Å². The van der Waals surface area contributed by atoms with Crippen molar-refractivity contribution in [1.29, 1.82) is 0 Å². The number of para-hydroxylation sites is 1. The maximum Gasteiger partial charge on any atom is 0.126 e. The Balaban J connectivity index is 2.62. The van der Waals surface area contributed by atoms with Gasteiger partial charge in [-0.15, -0.1) is 0 Å². The highest BCUT2D eigenvalue weighted by Gasteiger charge is 2.09. The number of nitrogen functional groups attached to an aromatic ring is 1. The molecule has 82 valence electrons. The summed E-state index contributed by atoms with van der Waals surface area (Å²) in [5, 5.41) is 9.80. The molecule has 0 unspecified atom stereocenters. The second-order valence-corrected chi connectivity index (χ2v) is 3.48. The van der Waals surface area contributed by atoms with E-state index in [1.54, 1.807) is 25.3 Å². The van der Waals surface area contributed by atoms with E-state index in [1.807, 2.05) is 24.3 Å². The SMILES string of the molecule is COc1ccccc1-c1cc(N)ccc1O. The highest BCUT2D eigenvalue weighted by molar-refractivity contribution is 5.77. The van der Waals surface area contributed by atoms with Crippen LogP contribution in [0, 0.1) is 0 Å².